The van der Waals surface area contributed by atoms with Crippen LogP contribution in [0.15, 0.2) is 42.6 Å². The van der Waals surface area contributed by atoms with Crippen LogP contribution >= 0.6 is 0 Å². The van der Waals surface area contributed by atoms with E-state index in [2.05, 4.69) is 4.98 Å². The number of benzene rings is 1. The third-order valence-electron chi connectivity index (χ3n) is 4.34. The molecule has 5 nitrogen and oxygen atoms in total. The second-order valence-corrected chi connectivity index (χ2v) is 5.94. The number of alkyl halides is 3. The molecule has 0 aliphatic carbocycles. The van der Waals surface area contributed by atoms with E-state index in [0.29, 0.717) is 37.5 Å². The van der Waals surface area contributed by atoms with E-state index in [-0.39, 0.29) is 11.7 Å². The summed E-state index contributed by atoms with van der Waals surface area (Å²) in [5, 5.41) is 0. The fourth-order valence-corrected chi connectivity index (χ4v) is 2.99. The zero-order chi connectivity index (χ0) is 18.7. The summed E-state index contributed by atoms with van der Waals surface area (Å²) in [5.41, 5.74) is -0.201. The van der Waals surface area contributed by atoms with Crippen LogP contribution in [0.3, 0.4) is 0 Å². The lowest BCUT2D eigenvalue weighted by Crippen LogP contribution is -2.50. The van der Waals surface area contributed by atoms with E-state index in [4.69, 9.17) is 4.74 Å². The Morgan fingerprint density at radius 2 is 1.85 bits per heavy atom. The Morgan fingerprint density at radius 3 is 2.50 bits per heavy atom. The maximum absolute atomic E-state index is 13.2. The Hall–Kier alpha value is -2.77. The Labute approximate surface area is 149 Å². The molecule has 1 aromatic heterocycles. The number of methoxy groups -OCH3 is 1. The van der Waals surface area contributed by atoms with Crippen LogP contribution in [-0.2, 0) is 6.18 Å². The number of ether oxygens (including phenoxy) is 1. The average Bonchev–Trinajstić information content (AvgIpc) is 2.67. The van der Waals surface area contributed by atoms with Crippen LogP contribution in [0.5, 0.6) is 5.75 Å². The number of aromatic nitrogens is 1. The van der Waals surface area contributed by atoms with E-state index < -0.39 is 11.7 Å². The number of carbonyl (C=O) groups excluding carboxylic acids is 1. The van der Waals surface area contributed by atoms with Crippen LogP contribution in [0.4, 0.5) is 19.0 Å². The minimum absolute atomic E-state index is 0.0356. The summed E-state index contributed by atoms with van der Waals surface area (Å²) in [4.78, 5) is 18.6. The van der Waals surface area contributed by atoms with Crippen molar-refractivity contribution in [3.8, 4) is 5.75 Å². The van der Waals surface area contributed by atoms with E-state index in [9.17, 15) is 18.0 Å². The first-order chi connectivity index (χ1) is 12.4. The molecule has 1 aromatic carbocycles. The monoisotopic (exact) mass is 366 g/mol. The SMILES string of the molecule is COc1cccc(C(=O)N2CCN(c3[nH+]cccc3C(F)(F)F)CC2)c1. The van der Waals surface area contributed by atoms with Gasteiger partial charge in [-0.25, -0.2) is 4.98 Å². The van der Waals surface area contributed by atoms with Crippen molar-refractivity contribution >= 4 is 11.7 Å². The molecule has 1 N–H and O–H groups in total. The van der Waals surface area contributed by atoms with Gasteiger partial charge in [0.1, 0.15) is 24.4 Å². The molecule has 1 amide bonds. The number of nitrogens with one attached hydrogen (secondary N) is 1. The van der Waals surface area contributed by atoms with Crippen molar-refractivity contribution < 1.29 is 27.7 Å². The van der Waals surface area contributed by atoms with Crippen molar-refractivity contribution in [1.29, 1.82) is 0 Å². The lowest BCUT2D eigenvalue weighted by Gasteiger charge is -2.31. The Morgan fingerprint density at radius 1 is 1.12 bits per heavy atom. The van der Waals surface area contributed by atoms with Gasteiger partial charge in [-0.05, 0) is 30.3 Å². The maximum Gasteiger partial charge on any atom is 0.424 e. The number of hydrogen-bond acceptors (Lipinski definition) is 3. The van der Waals surface area contributed by atoms with Crippen molar-refractivity contribution in [3.05, 3.63) is 53.7 Å². The molecule has 26 heavy (non-hydrogen) atoms. The number of anilines is 1. The molecule has 2 aromatic rings. The second kappa shape index (κ2) is 7.23. The molecule has 0 unspecified atom stereocenters. The molecular formula is C18H19F3N3O2+. The van der Waals surface area contributed by atoms with Crippen LogP contribution in [0.1, 0.15) is 15.9 Å². The molecule has 8 heteroatoms. The standard InChI is InChI=1S/C18H18F3N3O2/c1-26-14-5-2-4-13(12-14)17(25)24-10-8-23(9-11-24)16-15(18(19,20)21)6-3-7-22-16/h2-7,12H,8-11H2,1H3/p+1. The topological polar surface area (TPSA) is 46.9 Å². The Bertz CT molecular complexity index is 787. The molecule has 3 rings (SSSR count). The molecule has 0 radical (unpaired) electrons. The smallest absolute Gasteiger partial charge is 0.424 e. The maximum atomic E-state index is 13.2. The predicted molar refractivity (Wildman–Crippen MR) is 89.1 cm³/mol. The second-order valence-electron chi connectivity index (χ2n) is 5.94. The van der Waals surface area contributed by atoms with Crippen LogP contribution in [0, 0.1) is 0 Å². The van der Waals surface area contributed by atoms with Gasteiger partial charge in [-0.2, -0.15) is 13.2 Å². The van der Waals surface area contributed by atoms with Gasteiger partial charge in [0.2, 0.25) is 0 Å². The van der Waals surface area contributed by atoms with Crippen molar-refractivity contribution in [1.82, 2.24) is 4.90 Å². The summed E-state index contributed by atoms with van der Waals surface area (Å²) in [6.45, 7) is 1.32. The zero-order valence-corrected chi connectivity index (χ0v) is 14.2. The highest BCUT2D eigenvalue weighted by Gasteiger charge is 2.40. The van der Waals surface area contributed by atoms with Gasteiger partial charge in [-0.1, -0.05) is 6.07 Å². The first-order valence-electron chi connectivity index (χ1n) is 8.16. The van der Waals surface area contributed by atoms with Crippen molar-refractivity contribution in [2.75, 3.05) is 38.2 Å². The lowest BCUT2D eigenvalue weighted by atomic mass is 10.1. The van der Waals surface area contributed by atoms with Crippen LogP contribution in [-0.4, -0.2) is 44.1 Å². The number of piperazine rings is 1. The van der Waals surface area contributed by atoms with Gasteiger partial charge >= 0.3 is 6.18 Å². The number of halogens is 3. The highest BCUT2D eigenvalue weighted by molar-refractivity contribution is 5.94. The van der Waals surface area contributed by atoms with Gasteiger partial charge in [-0.3, -0.25) is 9.69 Å². The summed E-state index contributed by atoms with van der Waals surface area (Å²) < 4.78 is 44.7. The molecule has 1 aliphatic rings. The minimum atomic E-state index is -4.43. The van der Waals surface area contributed by atoms with Gasteiger partial charge in [0.15, 0.2) is 0 Å². The van der Waals surface area contributed by atoms with E-state index in [1.165, 1.54) is 19.4 Å². The minimum Gasteiger partial charge on any atom is -0.497 e. The van der Waals surface area contributed by atoms with Crippen molar-refractivity contribution in [3.63, 3.8) is 0 Å². The molecule has 138 valence electrons. The molecule has 1 saturated heterocycles. The molecular weight excluding hydrogens is 347 g/mol. The number of nitrogens with zero attached hydrogens (tertiary/aromatic N) is 2. The summed E-state index contributed by atoms with van der Waals surface area (Å²) in [7, 11) is 1.52. The molecule has 1 fully saturated rings. The quantitative estimate of drug-likeness (QED) is 0.839. The molecule has 0 spiro atoms. The van der Waals surface area contributed by atoms with Crippen LogP contribution in [0.2, 0.25) is 0 Å². The number of amides is 1. The molecule has 0 saturated carbocycles. The summed E-state index contributed by atoms with van der Waals surface area (Å²) >= 11 is 0. The molecule has 0 bridgehead atoms. The average molecular weight is 366 g/mol. The largest absolute Gasteiger partial charge is 0.497 e. The van der Waals surface area contributed by atoms with E-state index in [1.54, 1.807) is 34.1 Å². The van der Waals surface area contributed by atoms with Crippen LogP contribution in [0.25, 0.3) is 0 Å². The van der Waals surface area contributed by atoms with Gasteiger partial charge in [-0.15, -0.1) is 0 Å². The number of carbonyl (C=O) groups is 1. The van der Waals surface area contributed by atoms with Crippen molar-refractivity contribution in [2.45, 2.75) is 6.18 Å². The first-order valence-corrected chi connectivity index (χ1v) is 8.16. The van der Waals surface area contributed by atoms with E-state index in [0.717, 1.165) is 6.07 Å². The van der Waals surface area contributed by atoms with Gasteiger partial charge in [0, 0.05) is 5.56 Å². The normalized spacial score (nSPS) is 15.1. The summed E-state index contributed by atoms with van der Waals surface area (Å²) in [6, 6.07) is 9.22. The summed E-state index contributed by atoms with van der Waals surface area (Å²) in [5.74, 6) is 0.466. The van der Waals surface area contributed by atoms with Crippen molar-refractivity contribution in [2.24, 2.45) is 0 Å². The molecule has 0 atom stereocenters. The number of pyridine rings is 1. The fourth-order valence-electron chi connectivity index (χ4n) is 2.99. The zero-order valence-electron chi connectivity index (χ0n) is 14.2. The molecule has 1 aliphatic heterocycles. The number of H-pyrrole nitrogens is 1. The highest BCUT2D eigenvalue weighted by Crippen LogP contribution is 2.34. The number of rotatable bonds is 3. The third kappa shape index (κ3) is 3.74. The fraction of sp³-hybridized carbons (Fsp3) is 0.333. The Balaban J connectivity index is 1.71. The van der Waals surface area contributed by atoms with Gasteiger partial charge < -0.3 is 9.64 Å². The van der Waals surface area contributed by atoms with Gasteiger partial charge in [0.25, 0.3) is 11.7 Å². The van der Waals surface area contributed by atoms with E-state index >= 15 is 0 Å². The number of aromatic amines is 1. The lowest BCUT2D eigenvalue weighted by molar-refractivity contribution is -0.367. The number of hydrogen-bond donors (Lipinski definition) is 0. The predicted octanol–water partition coefficient (Wildman–Crippen LogP) is 2.49. The van der Waals surface area contributed by atoms with Gasteiger partial charge in [0.05, 0.1) is 26.4 Å². The molecule has 2 heterocycles. The summed E-state index contributed by atoms with van der Waals surface area (Å²) in [6.07, 6.45) is -2.96. The first kappa shape index (κ1) is 18.0. The van der Waals surface area contributed by atoms with Crippen LogP contribution < -0.4 is 14.6 Å². The highest BCUT2D eigenvalue weighted by atomic mass is 19.4. The van der Waals surface area contributed by atoms with E-state index in [1.807, 2.05) is 0 Å². The Kier molecular flexibility index (Phi) is 5.01. The third-order valence-corrected chi connectivity index (χ3v) is 4.34.